The fraction of sp³-hybridized carbons (Fsp3) is 1.00. The first kappa shape index (κ1) is 8.27. The Labute approximate surface area is 77.1 Å². The first-order valence-electron chi connectivity index (χ1n) is 4.25. The molecule has 0 radical (unpaired) electrons. The van der Waals surface area contributed by atoms with E-state index in [1.807, 2.05) is 0 Å². The van der Waals surface area contributed by atoms with Crippen molar-refractivity contribution in [1.82, 2.24) is 5.32 Å². The Hall–Kier alpha value is 0.660. The summed E-state index contributed by atoms with van der Waals surface area (Å²) in [6.45, 7) is 5.86. The topological polar surface area (TPSA) is 12.0 Å². The minimum absolute atomic E-state index is 0.462. The third-order valence-corrected chi connectivity index (χ3v) is 5.41. The predicted octanol–water partition coefficient (Wildman–Crippen LogP) is 1.93. The van der Waals surface area contributed by atoms with Crippen molar-refractivity contribution in [2.75, 3.05) is 12.3 Å². The van der Waals surface area contributed by atoms with Crippen LogP contribution < -0.4 is 5.32 Å². The zero-order valence-electron chi connectivity index (χ0n) is 7.09. The lowest BCUT2D eigenvalue weighted by Crippen LogP contribution is -2.37. The van der Waals surface area contributed by atoms with Crippen molar-refractivity contribution in [1.29, 1.82) is 0 Å². The monoisotopic (exact) mass is 189 g/mol. The quantitative estimate of drug-likeness (QED) is 0.625. The number of nitrogens with one attached hydrogen (secondary N) is 1. The molecule has 3 heteroatoms. The standard InChI is InChI=1S/C8H15NS2/c1-6-3-8(5-10-6)9-4-7(2)11-8/h6-7,9H,3-5H2,1-2H3. The van der Waals surface area contributed by atoms with Gasteiger partial charge in [-0.3, -0.25) is 0 Å². The smallest absolute Gasteiger partial charge is 0.0750 e. The van der Waals surface area contributed by atoms with Crippen LogP contribution in [0.15, 0.2) is 0 Å². The third kappa shape index (κ3) is 1.56. The highest BCUT2D eigenvalue weighted by Gasteiger charge is 2.43. The Balaban J connectivity index is 2.02. The van der Waals surface area contributed by atoms with Crippen molar-refractivity contribution in [2.45, 2.75) is 35.6 Å². The summed E-state index contributed by atoms with van der Waals surface area (Å²) in [5.41, 5.74) is 0. The van der Waals surface area contributed by atoms with E-state index in [2.05, 4.69) is 42.7 Å². The van der Waals surface area contributed by atoms with Crippen LogP contribution in [0.3, 0.4) is 0 Å². The van der Waals surface area contributed by atoms with Crippen molar-refractivity contribution in [3.05, 3.63) is 0 Å². The summed E-state index contributed by atoms with van der Waals surface area (Å²) in [5.74, 6) is 1.31. The fourth-order valence-corrected chi connectivity index (χ4v) is 5.07. The highest BCUT2D eigenvalue weighted by Crippen LogP contribution is 2.46. The second-order valence-electron chi connectivity index (χ2n) is 3.63. The molecule has 2 saturated heterocycles. The maximum absolute atomic E-state index is 3.65. The largest absolute Gasteiger partial charge is 0.301 e. The van der Waals surface area contributed by atoms with E-state index in [1.165, 1.54) is 18.7 Å². The normalized spacial score (nSPS) is 50.7. The molecule has 2 heterocycles. The van der Waals surface area contributed by atoms with E-state index in [1.54, 1.807) is 0 Å². The average molecular weight is 189 g/mol. The molecule has 0 amide bonds. The molecule has 0 aliphatic carbocycles. The van der Waals surface area contributed by atoms with Gasteiger partial charge < -0.3 is 5.32 Å². The summed E-state index contributed by atoms with van der Waals surface area (Å²) < 4.78 is 0. The van der Waals surface area contributed by atoms with Crippen LogP contribution in [0.4, 0.5) is 0 Å². The zero-order chi connectivity index (χ0) is 7.90. The van der Waals surface area contributed by atoms with Crippen molar-refractivity contribution < 1.29 is 0 Å². The molecule has 0 aromatic heterocycles. The summed E-state index contributed by atoms with van der Waals surface area (Å²) in [6, 6.07) is 0. The number of rotatable bonds is 0. The maximum Gasteiger partial charge on any atom is 0.0750 e. The Kier molecular flexibility index (Phi) is 2.15. The predicted molar refractivity (Wildman–Crippen MR) is 54.3 cm³/mol. The molecule has 3 unspecified atom stereocenters. The van der Waals surface area contributed by atoms with Crippen molar-refractivity contribution >= 4 is 23.5 Å². The lowest BCUT2D eigenvalue weighted by Gasteiger charge is -2.21. The summed E-state index contributed by atoms with van der Waals surface area (Å²) >= 11 is 4.26. The van der Waals surface area contributed by atoms with Gasteiger partial charge >= 0.3 is 0 Å². The van der Waals surface area contributed by atoms with E-state index in [0.29, 0.717) is 4.87 Å². The molecule has 3 atom stereocenters. The fourth-order valence-electron chi connectivity index (χ4n) is 1.86. The molecule has 2 aliphatic heterocycles. The number of hydrogen-bond donors (Lipinski definition) is 1. The first-order chi connectivity index (χ1) is 5.20. The molecular weight excluding hydrogens is 174 g/mol. The van der Waals surface area contributed by atoms with E-state index in [0.717, 1.165) is 10.5 Å². The summed E-state index contributed by atoms with van der Waals surface area (Å²) in [5, 5.41) is 5.34. The Bertz CT molecular complexity index is 142. The molecule has 1 nitrogen and oxygen atoms in total. The zero-order valence-corrected chi connectivity index (χ0v) is 8.73. The summed E-state index contributed by atoms with van der Waals surface area (Å²) in [6.07, 6.45) is 1.35. The maximum atomic E-state index is 3.65. The molecule has 0 aromatic carbocycles. The summed E-state index contributed by atoms with van der Waals surface area (Å²) in [7, 11) is 0. The first-order valence-corrected chi connectivity index (χ1v) is 6.17. The van der Waals surface area contributed by atoms with E-state index >= 15 is 0 Å². The minimum atomic E-state index is 0.462. The molecule has 2 rings (SSSR count). The average Bonchev–Trinajstić information content (AvgIpc) is 2.44. The number of thioether (sulfide) groups is 2. The van der Waals surface area contributed by atoms with E-state index < -0.39 is 0 Å². The van der Waals surface area contributed by atoms with Crippen molar-refractivity contribution in [3.63, 3.8) is 0 Å². The van der Waals surface area contributed by atoms with Gasteiger partial charge in [0.15, 0.2) is 0 Å². The van der Waals surface area contributed by atoms with E-state index in [-0.39, 0.29) is 0 Å². The van der Waals surface area contributed by atoms with Crippen LogP contribution in [0.25, 0.3) is 0 Å². The molecule has 2 fully saturated rings. The Morgan fingerprint density at radius 1 is 1.36 bits per heavy atom. The van der Waals surface area contributed by atoms with Crippen molar-refractivity contribution in [3.8, 4) is 0 Å². The minimum Gasteiger partial charge on any atom is -0.301 e. The van der Waals surface area contributed by atoms with Gasteiger partial charge in [-0.05, 0) is 6.42 Å². The lowest BCUT2D eigenvalue weighted by molar-refractivity contribution is 0.528. The van der Waals surface area contributed by atoms with E-state index in [4.69, 9.17) is 0 Å². The molecular formula is C8H15NS2. The van der Waals surface area contributed by atoms with Crippen LogP contribution in [0.2, 0.25) is 0 Å². The van der Waals surface area contributed by atoms with E-state index in [9.17, 15) is 0 Å². The molecule has 0 bridgehead atoms. The van der Waals surface area contributed by atoms with Crippen LogP contribution in [-0.2, 0) is 0 Å². The Morgan fingerprint density at radius 2 is 2.18 bits per heavy atom. The molecule has 64 valence electrons. The van der Waals surface area contributed by atoms with Crippen molar-refractivity contribution in [2.24, 2.45) is 0 Å². The molecule has 0 saturated carbocycles. The van der Waals surface area contributed by atoms with Gasteiger partial charge in [0.2, 0.25) is 0 Å². The molecule has 11 heavy (non-hydrogen) atoms. The van der Waals surface area contributed by atoms with Gasteiger partial charge in [0.1, 0.15) is 0 Å². The van der Waals surface area contributed by atoms with Gasteiger partial charge in [-0.2, -0.15) is 11.8 Å². The number of hydrogen-bond acceptors (Lipinski definition) is 3. The van der Waals surface area contributed by atoms with Gasteiger partial charge in [-0.25, -0.2) is 0 Å². The second-order valence-corrected chi connectivity index (χ2v) is 6.88. The molecule has 1 spiro atoms. The Morgan fingerprint density at radius 3 is 2.64 bits per heavy atom. The van der Waals surface area contributed by atoms with Crippen LogP contribution in [-0.4, -0.2) is 27.7 Å². The van der Waals surface area contributed by atoms with Crippen LogP contribution in [0, 0.1) is 0 Å². The van der Waals surface area contributed by atoms with Crippen LogP contribution in [0.1, 0.15) is 20.3 Å². The van der Waals surface area contributed by atoms with Crippen LogP contribution >= 0.6 is 23.5 Å². The van der Waals surface area contributed by atoms with Gasteiger partial charge in [0, 0.05) is 22.8 Å². The van der Waals surface area contributed by atoms with Crippen LogP contribution in [0.5, 0.6) is 0 Å². The molecule has 2 aliphatic rings. The highest BCUT2D eigenvalue weighted by atomic mass is 32.2. The van der Waals surface area contributed by atoms with Gasteiger partial charge in [-0.1, -0.05) is 13.8 Å². The summed E-state index contributed by atoms with van der Waals surface area (Å²) in [4.78, 5) is 0.462. The molecule has 0 aromatic rings. The van der Waals surface area contributed by atoms with Gasteiger partial charge in [0.05, 0.1) is 4.87 Å². The second kappa shape index (κ2) is 2.86. The highest BCUT2D eigenvalue weighted by molar-refractivity contribution is 8.05. The lowest BCUT2D eigenvalue weighted by atomic mass is 10.2. The molecule has 1 N–H and O–H groups in total. The third-order valence-electron chi connectivity index (χ3n) is 2.36. The van der Waals surface area contributed by atoms with Gasteiger partial charge in [0.25, 0.3) is 0 Å². The SMILES string of the molecule is CC1CC2(CS1)NCC(C)S2. The van der Waals surface area contributed by atoms with Gasteiger partial charge in [-0.15, -0.1) is 11.8 Å².